The molecule has 0 saturated carbocycles. The zero-order chi connectivity index (χ0) is 22.4. The molecule has 0 amide bonds. The molecule has 5 heterocycles. The third-order valence-corrected chi connectivity index (χ3v) is 6.91. The minimum atomic E-state index is 0.333. The van der Waals surface area contributed by atoms with Gasteiger partial charge in [-0.25, -0.2) is 4.68 Å². The molecule has 6 rings (SSSR count). The predicted molar refractivity (Wildman–Crippen MR) is 128 cm³/mol. The van der Waals surface area contributed by atoms with Crippen LogP contribution in [0.1, 0.15) is 37.3 Å². The maximum atomic E-state index is 4.98. The van der Waals surface area contributed by atoms with Crippen LogP contribution >= 0.6 is 0 Å². The van der Waals surface area contributed by atoms with Crippen LogP contribution in [-0.4, -0.2) is 55.5 Å². The lowest BCUT2D eigenvalue weighted by molar-refractivity contribution is 0.199. The quantitative estimate of drug-likeness (QED) is 0.474. The summed E-state index contributed by atoms with van der Waals surface area (Å²) in [4.78, 5) is 12.3. The first kappa shape index (κ1) is 20.2. The highest BCUT2D eigenvalue weighted by molar-refractivity contribution is 5.57. The van der Waals surface area contributed by atoms with Gasteiger partial charge in [0.15, 0.2) is 5.65 Å². The van der Waals surface area contributed by atoms with E-state index in [0.717, 1.165) is 54.6 Å². The summed E-state index contributed by atoms with van der Waals surface area (Å²) in [6.07, 6.45) is 6.86. The predicted octanol–water partition coefficient (Wildman–Crippen LogP) is 2.85. The van der Waals surface area contributed by atoms with Gasteiger partial charge >= 0.3 is 0 Å². The Balaban J connectivity index is 1.35. The minimum absolute atomic E-state index is 0.333. The normalized spacial score (nSPS) is 17.2. The van der Waals surface area contributed by atoms with Gasteiger partial charge in [-0.1, -0.05) is 32.0 Å². The van der Waals surface area contributed by atoms with Gasteiger partial charge in [-0.05, 0) is 30.0 Å². The van der Waals surface area contributed by atoms with E-state index in [1.807, 2.05) is 39.8 Å². The minimum Gasteiger partial charge on any atom is -0.350 e. The van der Waals surface area contributed by atoms with Crippen molar-refractivity contribution in [3.05, 3.63) is 60.0 Å². The molecule has 0 bridgehead atoms. The van der Waals surface area contributed by atoms with Gasteiger partial charge in [0.25, 0.3) is 0 Å². The van der Waals surface area contributed by atoms with Crippen molar-refractivity contribution in [2.24, 2.45) is 5.41 Å². The Labute approximate surface area is 192 Å². The molecule has 3 aromatic heterocycles. The van der Waals surface area contributed by atoms with E-state index >= 15 is 0 Å². The van der Waals surface area contributed by atoms with Crippen LogP contribution in [0.3, 0.4) is 0 Å². The summed E-state index contributed by atoms with van der Waals surface area (Å²) < 4.78 is 3.73. The molecule has 0 aliphatic carbocycles. The Morgan fingerprint density at radius 1 is 1.12 bits per heavy atom. The number of fused-ring (bicyclic) bond motifs is 1. The third kappa shape index (κ3) is 3.52. The molecule has 0 atom stereocenters. The molecule has 2 aliphatic heterocycles. The van der Waals surface area contributed by atoms with Gasteiger partial charge in [-0.15, -0.1) is 0 Å². The SMILES string of the molecule is CC(C)c1cnn2c(NCc3ccccc3-n3cccn3)nc(N3CCC4(CNC4)C3)nc12. The second kappa shape index (κ2) is 7.84. The molecule has 1 spiro atoms. The lowest BCUT2D eigenvalue weighted by atomic mass is 9.81. The Morgan fingerprint density at radius 2 is 2.00 bits per heavy atom. The fraction of sp³-hybridized carbons (Fsp3) is 0.417. The highest BCUT2D eigenvalue weighted by Crippen LogP contribution is 2.36. The molecule has 0 radical (unpaired) electrons. The summed E-state index contributed by atoms with van der Waals surface area (Å²) in [5.74, 6) is 1.83. The summed E-state index contributed by atoms with van der Waals surface area (Å²) in [5, 5.41) is 16.0. The Morgan fingerprint density at radius 3 is 2.73 bits per heavy atom. The number of nitrogens with one attached hydrogen (secondary N) is 2. The lowest BCUT2D eigenvalue weighted by Gasteiger charge is -2.39. The molecular weight excluding hydrogens is 414 g/mol. The first-order valence-electron chi connectivity index (χ1n) is 11.7. The van der Waals surface area contributed by atoms with Crippen LogP contribution in [0.15, 0.2) is 48.9 Å². The van der Waals surface area contributed by atoms with Crippen molar-refractivity contribution in [2.75, 3.05) is 36.4 Å². The van der Waals surface area contributed by atoms with Crippen molar-refractivity contribution in [1.82, 2.24) is 34.7 Å². The van der Waals surface area contributed by atoms with Crippen molar-refractivity contribution in [3.8, 4) is 5.69 Å². The smallest absolute Gasteiger partial charge is 0.230 e. The van der Waals surface area contributed by atoms with E-state index in [9.17, 15) is 0 Å². The first-order chi connectivity index (χ1) is 16.1. The summed E-state index contributed by atoms with van der Waals surface area (Å²) in [5.41, 5.74) is 4.57. The monoisotopic (exact) mass is 443 g/mol. The molecule has 2 aliphatic rings. The Kier molecular flexibility index (Phi) is 4.79. The van der Waals surface area contributed by atoms with Gasteiger partial charge in [0.2, 0.25) is 11.9 Å². The molecular formula is C24H29N9. The molecule has 1 aromatic carbocycles. The lowest BCUT2D eigenvalue weighted by Crippen LogP contribution is -2.54. The van der Waals surface area contributed by atoms with E-state index in [1.54, 1.807) is 6.20 Å². The summed E-state index contributed by atoms with van der Waals surface area (Å²) in [7, 11) is 0. The van der Waals surface area contributed by atoms with Crippen LogP contribution in [0, 0.1) is 5.41 Å². The fourth-order valence-corrected chi connectivity index (χ4v) is 4.89. The van der Waals surface area contributed by atoms with Crippen LogP contribution in [-0.2, 0) is 6.54 Å². The molecule has 9 heteroatoms. The van der Waals surface area contributed by atoms with Gasteiger partial charge < -0.3 is 15.5 Å². The number of para-hydroxylation sites is 1. The number of hydrogen-bond donors (Lipinski definition) is 2. The van der Waals surface area contributed by atoms with E-state index in [-0.39, 0.29) is 0 Å². The average Bonchev–Trinajstić information content (AvgIpc) is 3.56. The number of hydrogen-bond acceptors (Lipinski definition) is 7. The van der Waals surface area contributed by atoms with E-state index in [1.165, 1.54) is 6.42 Å². The number of nitrogens with zero attached hydrogens (tertiary/aromatic N) is 7. The molecule has 2 fully saturated rings. The molecule has 2 saturated heterocycles. The maximum absolute atomic E-state index is 4.98. The van der Waals surface area contributed by atoms with Gasteiger partial charge in [-0.2, -0.15) is 24.7 Å². The van der Waals surface area contributed by atoms with Gasteiger partial charge in [0.05, 0.1) is 11.9 Å². The van der Waals surface area contributed by atoms with Crippen molar-refractivity contribution in [2.45, 2.75) is 32.7 Å². The maximum Gasteiger partial charge on any atom is 0.230 e. The van der Waals surface area contributed by atoms with Crippen molar-refractivity contribution >= 4 is 17.5 Å². The fourth-order valence-electron chi connectivity index (χ4n) is 4.89. The number of aromatic nitrogens is 6. The molecule has 2 N–H and O–H groups in total. The molecule has 0 unspecified atom stereocenters. The second-order valence-electron chi connectivity index (χ2n) is 9.55. The molecule has 9 nitrogen and oxygen atoms in total. The molecule has 170 valence electrons. The second-order valence-corrected chi connectivity index (χ2v) is 9.55. The number of benzene rings is 1. The van der Waals surface area contributed by atoms with Gasteiger partial charge in [0.1, 0.15) is 0 Å². The van der Waals surface area contributed by atoms with E-state index < -0.39 is 0 Å². The average molecular weight is 444 g/mol. The zero-order valence-corrected chi connectivity index (χ0v) is 19.1. The number of rotatable bonds is 6. The summed E-state index contributed by atoms with van der Waals surface area (Å²) >= 11 is 0. The highest BCUT2D eigenvalue weighted by atomic mass is 15.4. The van der Waals surface area contributed by atoms with Crippen LogP contribution in [0.2, 0.25) is 0 Å². The first-order valence-corrected chi connectivity index (χ1v) is 11.7. The zero-order valence-electron chi connectivity index (χ0n) is 19.1. The third-order valence-electron chi connectivity index (χ3n) is 6.91. The summed E-state index contributed by atoms with van der Waals surface area (Å²) in [6, 6.07) is 10.2. The standard InChI is InChI=1S/C24H29N9/c1-17(2)19-13-28-33-21(19)29-23(31-11-8-24(16-31)14-25-15-24)30-22(33)26-12-18-6-3-4-7-20(18)32-10-5-9-27-32/h3-7,9-10,13,17,25H,8,11-12,14-16H2,1-2H3,(H,26,29,30). The van der Waals surface area contributed by atoms with Crippen molar-refractivity contribution in [1.29, 1.82) is 0 Å². The topological polar surface area (TPSA) is 88.2 Å². The highest BCUT2D eigenvalue weighted by Gasteiger charge is 2.43. The van der Waals surface area contributed by atoms with Crippen LogP contribution in [0.4, 0.5) is 11.9 Å². The van der Waals surface area contributed by atoms with Gasteiger partial charge in [0, 0.05) is 56.1 Å². The molecule has 4 aromatic rings. The molecule has 33 heavy (non-hydrogen) atoms. The van der Waals surface area contributed by atoms with Crippen molar-refractivity contribution < 1.29 is 0 Å². The van der Waals surface area contributed by atoms with Crippen molar-refractivity contribution in [3.63, 3.8) is 0 Å². The van der Waals surface area contributed by atoms with Gasteiger partial charge in [-0.3, -0.25) is 0 Å². The Bertz CT molecular complexity index is 1270. The van der Waals surface area contributed by atoms with E-state index in [0.29, 0.717) is 23.8 Å². The Hall–Kier alpha value is -3.46. The van der Waals surface area contributed by atoms with Crippen LogP contribution in [0.5, 0.6) is 0 Å². The van der Waals surface area contributed by atoms with Crippen LogP contribution < -0.4 is 15.5 Å². The van der Waals surface area contributed by atoms with E-state index in [2.05, 4.69) is 51.7 Å². The van der Waals surface area contributed by atoms with Crippen LogP contribution in [0.25, 0.3) is 11.3 Å². The number of anilines is 2. The summed E-state index contributed by atoms with van der Waals surface area (Å²) in [6.45, 7) is 9.13. The largest absolute Gasteiger partial charge is 0.350 e. The van der Waals surface area contributed by atoms with E-state index in [4.69, 9.17) is 9.97 Å².